The number of halogens is 5. The van der Waals surface area contributed by atoms with Gasteiger partial charge in [-0.15, -0.1) is 0 Å². The van der Waals surface area contributed by atoms with Crippen molar-refractivity contribution < 1.29 is 26.7 Å². The second kappa shape index (κ2) is 7.36. The van der Waals surface area contributed by atoms with Crippen LogP contribution in [0.25, 0.3) is 0 Å². The van der Waals surface area contributed by atoms with E-state index in [0.717, 1.165) is 17.0 Å². The standard InChI is InChI=1S/C16H19F5N2O/c1-23(9-10-5-6-12(17)8-14(10)18)15(24)22-13-4-2-3-11(7-13)16(19,20)21/h5-6,8,11,13H,2-4,7,9H2,1H3,(H,22,24). The van der Waals surface area contributed by atoms with Crippen molar-refractivity contribution in [3.63, 3.8) is 0 Å². The summed E-state index contributed by atoms with van der Waals surface area (Å²) in [5.74, 6) is -2.90. The monoisotopic (exact) mass is 350 g/mol. The number of benzene rings is 1. The fourth-order valence-electron chi connectivity index (χ4n) is 2.88. The minimum absolute atomic E-state index is 0.0759. The third kappa shape index (κ3) is 4.82. The SMILES string of the molecule is CN(Cc1ccc(F)cc1F)C(=O)NC1CCCC(C(F)(F)F)C1. The van der Waals surface area contributed by atoms with Gasteiger partial charge in [-0.2, -0.15) is 13.2 Å². The molecule has 2 unspecified atom stereocenters. The van der Waals surface area contributed by atoms with Crippen molar-refractivity contribution in [1.82, 2.24) is 10.2 Å². The lowest BCUT2D eigenvalue weighted by atomic mass is 9.85. The van der Waals surface area contributed by atoms with Gasteiger partial charge in [0.2, 0.25) is 0 Å². The zero-order valence-corrected chi connectivity index (χ0v) is 13.2. The number of rotatable bonds is 3. The predicted molar refractivity (Wildman–Crippen MR) is 78.2 cm³/mol. The molecule has 1 fully saturated rings. The number of hydrogen-bond donors (Lipinski definition) is 1. The summed E-state index contributed by atoms with van der Waals surface area (Å²) in [6, 6.07) is 1.90. The highest BCUT2D eigenvalue weighted by molar-refractivity contribution is 5.74. The molecule has 2 atom stereocenters. The average Bonchev–Trinajstić information content (AvgIpc) is 2.49. The maximum Gasteiger partial charge on any atom is 0.391 e. The van der Waals surface area contributed by atoms with Gasteiger partial charge in [0.1, 0.15) is 11.6 Å². The molecule has 0 aliphatic heterocycles. The van der Waals surface area contributed by atoms with Crippen molar-refractivity contribution in [1.29, 1.82) is 0 Å². The summed E-state index contributed by atoms with van der Waals surface area (Å²) in [4.78, 5) is 13.2. The van der Waals surface area contributed by atoms with Crippen LogP contribution in [0.5, 0.6) is 0 Å². The fraction of sp³-hybridized carbons (Fsp3) is 0.562. The molecule has 0 radical (unpaired) electrons. The lowest BCUT2D eigenvalue weighted by Gasteiger charge is -2.32. The number of nitrogens with zero attached hydrogens (tertiary/aromatic N) is 1. The van der Waals surface area contributed by atoms with E-state index in [1.807, 2.05) is 0 Å². The first-order chi connectivity index (χ1) is 11.2. The Morgan fingerprint density at radius 2 is 2.00 bits per heavy atom. The molecule has 0 heterocycles. The molecule has 1 aliphatic rings. The van der Waals surface area contributed by atoms with Gasteiger partial charge in [0, 0.05) is 31.3 Å². The highest BCUT2D eigenvalue weighted by Gasteiger charge is 2.42. The molecular formula is C16H19F5N2O. The van der Waals surface area contributed by atoms with Gasteiger partial charge in [0.15, 0.2) is 0 Å². The zero-order valence-electron chi connectivity index (χ0n) is 13.2. The topological polar surface area (TPSA) is 32.3 Å². The molecular weight excluding hydrogens is 331 g/mol. The Labute approximate surface area is 136 Å². The molecule has 8 heteroatoms. The fourth-order valence-corrected chi connectivity index (χ4v) is 2.88. The summed E-state index contributed by atoms with van der Waals surface area (Å²) >= 11 is 0. The van der Waals surface area contributed by atoms with Crippen LogP contribution in [0.1, 0.15) is 31.2 Å². The van der Waals surface area contributed by atoms with Gasteiger partial charge in [-0.1, -0.05) is 12.5 Å². The van der Waals surface area contributed by atoms with E-state index in [1.165, 1.54) is 13.1 Å². The van der Waals surface area contributed by atoms with Crippen molar-refractivity contribution in [2.75, 3.05) is 7.05 Å². The van der Waals surface area contributed by atoms with E-state index in [1.54, 1.807) is 0 Å². The van der Waals surface area contributed by atoms with E-state index in [0.29, 0.717) is 12.8 Å². The molecule has 1 saturated carbocycles. The zero-order chi connectivity index (χ0) is 17.9. The van der Waals surface area contributed by atoms with Crippen LogP contribution < -0.4 is 5.32 Å². The molecule has 0 aromatic heterocycles. The van der Waals surface area contributed by atoms with Gasteiger partial charge in [-0.25, -0.2) is 13.6 Å². The van der Waals surface area contributed by atoms with Crippen LogP contribution in [-0.4, -0.2) is 30.2 Å². The van der Waals surface area contributed by atoms with Gasteiger partial charge in [-0.05, 0) is 25.3 Å². The van der Waals surface area contributed by atoms with Crippen molar-refractivity contribution in [2.45, 2.75) is 44.4 Å². The van der Waals surface area contributed by atoms with Gasteiger partial charge >= 0.3 is 12.2 Å². The molecule has 3 nitrogen and oxygen atoms in total. The van der Waals surface area contributed by atoms with E-state index in [4.69, 9.17) is 0 Å². The quantitative estimate of drug-likeness (QED) is 0.813. The minimum Gasteiger partial charge on any atom is -0.335 e. The summed E-state index contributed by atoms with van der Waals surface area (Å²) in [6.07, 6.45) is -3.45. The van der Waals surface area contributed by atoms with Crippen LogP contribution >= 0.6 is 0 Å². The number of nitrogens with one attached hydrogen (secondary N) is 1. The van der Waals surface area contributed by atoms with E-state index in [2.05, 4.69) is 5.32 Å². The molecule has 134 valence electrons. The molecule has 0 saturated heterocycles. The Bertz CT molecular complexity index is 590. The Hall–Kier alpha value is -1.86. The molecule has 1 N–H and O–H groups in total. The molecule has 2 rings (SSSR count). The first-order valence-electron chi connectivity index (χ1n) is 7.69. The van der Waals surface area contributed by atoms with Gasteiger partial charge in [0.05, 0.1) is 5.92 Å². The van der Waals surface area contributed by atoms with Crippen LogP contribution in [0.15, 0.2) is 18.2 Å². The van der Waals surface area contributed by atoms with Crippen molar-refractivity contribution >= 4 is 6.03 Å². The smallest absolute Gasteiger partial charge is 0.335 e. The maximum absolute atomic E-state index is 13.6. The Kier molecular flexibility index (Phi) is 5.66. The van der Waals surface area contributed by atoms with Gasteiger partial charge in [0.25, 0.3) is 0 Å². The van der Waals surface area contributed by atoms with Crippen LogP contribution in [0.2, 0.25) is 0 Å². The first kappa shape index (κ1) is 18.5. The number of alkyl halides is 3. The van der Waals surface area contributed by atoms with Crippen molar-refractivity contribution in [2.24, 2.45) is 5.92 Å². The molecule has 24 heavy (non-hydrogen) atoms. The lowest BCUT2D eigenvalue weighted by Crippen LogP contribution is -2.46. The molecule has 2 amide bonds. The predicted octanol–water partition coefficient (Wildman–Crippen LogP) is 4.23. The molecule has 0 bridgehead atoms. The summed E-state index contributed by atoms with van der Waals surface area (Å²) in [6.45, 7) is -0.104. The van der Waals surface area contributed by atoms with Crippen LogP contribution in [0, 0.1) is 17.6 Å². The van der Waals surface area contributed by atoms with Crippen LogP contribution in [0.4, 0.5) is 26.7 Å². The van der Waals surface area contributed by atoms with Gasteiger partial charge < -0.3 is 10.2 Å². The second-order valence-corrected chi connectivity index (χ2v) is 6.14. The number of urea groups is 1. The second-order valence-electron chi connectivity index (χ2n) is 6.14. The number of carbonyl (C=O) groups is 1. The highest BCUT2D eigenvalue weighted by atomic mass is 19.4. The highest BCUT2D eigenvalue weighted by Crippen LogP contribution is 2.37. The summed E-state index contributed by atoms with van der Waals surface area (Å²) < 4.78 is 64.8. The number of amides is 2. The number of carbonyl (C=O) groups excluding carboxylic acids is 1. The third-order valence-electron chi connectivity index (χ3n) is 4.23. The summed E-state index contributed by atoms with van der Waals surface area (Å²) in [5, 5.41) is 2.56. The largest absolute Gasteiger partial charge is 0.391 e. The average molecular weight is 350 g/mol. The maximum atomic E-state index is 13.6. The van der Waals surface area contributed by atoms with Crippen molar-refractivity contribution in [3.05, 3.63) is 35.4 Å². The molecule has 1 aromatic rings. The third-order valence-corrected chi connectivity index (χ3v) is 4.23. The molecule has 0 spiro atoms. The van der Waals surface area contributed by atoms with E-state index in [-0.39, 0.29) is 24.9 Å². The molecule has 1 aliphatic carbocycles. The molecule has 1 aromatic carbocycles. The lowest BCUT2D eigenvalue weighted by molar-refractivity contribution is -0.183. The van der Waals surface area contributed by atoms with E-state index in [9.17, 15) is 26.7 Å². The van der Waals surface area contributed by atoms with E-state index < -0.39 is 35.8 Å². The minimum atomic E-state index is -4.26. The first-order valence-corrected chi connectivity index (χ1v) is 7.69. The Morgan fingerprint density at radius 1 is 1.29 bits per heavy atom. The van der Waals surface area contributed by atoms with Crippen LogP contribution in [0.3, 0.4) is 0 Å². The number of hydrogen-bond acceptors (Lipinski definition) is 1. The van der Waals surface area contributed by atoms with Crippen LogP contribution in [-0.2, 0) is 6.54 Å². The van der Waals surface area contributed by atoms with Crippen molar-refractivity contribution in [3.8, 4) is 0 Å². The Morgan fingerprint density at radius 3 is 2.62 bits per heavy atom. The van der Waals surface area contributed by atoms with E-state index >= 15 is 0 Å². The Balaban J connectivity index is 1.91. The summed E-state index contributed by atoms with van der Waals surface area (Å²) in [7, 11) is 1.40. The van der Waals surface area contributed by atoms with Gasteiger partial charge in [-0.3, -0.25) is 0 Å². The normalized spacial score (nSPS) is 21.4. The summed E-state index contributed by atoms with van der Waals surface area (Å²) in [5.41, 5.74) is 0.130.